The molecule has 2 amide bonds. The summed E-state index contributed by atoms with van der Waals surface area (Å²) in [5.41, 5.74) is 4.93. The Bertz CT molecular complexity index is 815. The van der Waals surface area contributed by atoms with Crippen molar-refractivity contribution in [1.29, 1.82) is 0 Å². The smallest absolute Gasteiger partial charge is 0.260 e. The minimum absolute atomic E-state index is 0.0254. The molecule has 5 heteroatoms. The van der Waals surface area contributed by atoms with Crippen LogP contribution >= 0.6 is 0 Å². The van der Waals surface area contributed by atoms with Gasteiger partial charge in [-0.15, -0.1) is 0 Å². The van der Waals surface area contributed by atoms with E-state index >= 15 is 0 Å². The molecule has 2 aromatic carbocycles. The van der Waals surface area contributed by atoms with Crippen molar-refractivity contribution in [3.8, 4) is 5.75 Å². The normalized spacial score (nSPS) is 10.3. The molecule has 0 aliphatic carbocycles. The molecule has 0 unspecified atom stereocenters. The van der Waals surface area contributed by atoms with Crippen molar-refractivity contribution in [2.45, 2.75) is 27.7 Å². The summed E-state index contributed by atoms with van der Waals surface area (Å²) in [7, 11) is 1.59. The van der Waals surface area contributed by atoms with Gasteiger partial charge in [0.15, 0.2) is 6.61 Å². The molecule has 0 fully saturated rings. The van der Waals surface area contributed by atoms with Crippen molar-refractivity contribution >= 4 is 17.5 Å². The Balaban J connectivity index is 1.89. The summed E-state index contributed by atoms with van der Waals surface area (Å²) in [6.45, 7) is 7.72. The molecule has 0 saturated carbocycles. The monoisotopic (exact) mass is 354 g/mol. The second kappa shape index (κ2) is 8.52. The Kier molecular flexibility index (Phi) is 6.39. The first-order chi connectivity index (χ1) is 12.3. The lowest BCUT2D eigenvalue weighted by atomic mass is 10.1. The Morgan fingerprint density at radius 2 is 1.77 bits per heavy atom. The number of hydrogen-bond acceptors (Lipinski definition) is 3. The maximum absolute atomic E-state index is 12.2. The van der Waals surface area contributed by atoms with Gasteiger partial charge < -0.3 is 15.0 Å². The molecule has 0 aliphatic heterocycles. The van der Waals surface area contributed by atoms with Gasteiger partial charge in [0.2, 0.25) is 5.91 Å². The lowest BCUT2D eigenvalue weighted by Gasteiger charge is -2.18. The van der Waals surface area contributed by atoms with Gasteiger partial charge >= 0.3 is 0 Å². The Morgan fingerprint density at radius 3 is 2.50 bits per heavy atom. The minimum Gasteiger partial charge on any atom is -0.483 e. The number of carbonyl (C=O) groups is 2. The van der Waals surface area contributed by atoms with Crippen LogP contribution in [0.25, 0.3) is 0 Å². The highest BCUT2D eigenvalue weighted by molar-refractivity contribution is 5.95. The summed E-state index contributed by atoms with van der Waals surface area (Å²) in [5, 5.41) is 2.85. The van der Waals surface area contributed by atoms with Gasteiger partial charge in [0.25, 0.3) is 5.91 Å². The number of hydrogen-bond donors (Lipinski definition) is 1. The Morgan fingerprint density at radius 1 is 1.04 bits per heavy atom. The largest absolute Gasteiger partial charge is 0.483 e. The van der Waals surface area contributed by atoms with Crippen molar-refractivity contribution in [3.63, 3.8) is 0 Å². The molecule has 26 heavy (non-hydrogen) atoms. The standard InChI is InChI=1S/C21H26N2O3/c1-14-9-10-16(3)18(11-14)22-20(24)12-23(5)21(25)13-26-19-8-6-7-15(2)17(19)4/h6-11H,12-13H2,1-5H3,(H,22,24). The maximum atomic E-state index is 12.2. The van der Waals surface area contributed by atoms with Gasteiger partial charge in [-0.3, -0.25) is 9.59 Å². The first kappa shape index (κ1) is 19.5. The van der Waals surface area contributed by atoms with Gasteiger partial charge in [0, 0.05) is 12.7 Å². The van der Waals surface area contributed by atoms with E-state index in [-0.39, 0.29) is 25.0 Å². The fourth-order valence-electron chi connectivity index (χ4n) is 2.49. The summed E-state index contributed by atoms with van der Waals surface area (Å²) < 4.78 is 5.61. The van der Waals surface area contributed by atoms with Crippen LogP contribution in [0.2, 0.25) is 0 Å². The van der Waals surface area contributed by atoms with Crippen molar-refractivity contribution in [3.05, 3.63) is 58.7 Å². The lowest BCUT2D eigenvalue weighted by molar-refractivity contribution is -0.135. The van der Waals surface area contributed by atoms with Crippen LogP contribution < -0.4 is 10.1 Å². The third kappa shape index (κ3) is 5.09. The first-order valence-electron chi connectivity index (χ1n) is 8.58. The highest BCUT2D eigenvalue weighted by Crippen LogP contribution is 2.20. The van der Waals surface area contributed by atoms with Crippen LogP contribution in [0.4, 0.5) is 5.69 Å². The molecule has 0 atom stereocenters. The molecule has 0 heterocycles. The quantitative estimate of drug-likeness (QED) is 0.865. The van der Waals surface area contributed by atoms with Crippen molar-refractivity contribution in [1.82, 2.24) is 4.90 Å². The van der Waals surface area contributed by atoms with E-state index in [9.17, 15) is 9.59 Å². The van der Waals surface area contributed by atoms with E-state index in [0.29, 0.717) is 5.75 Å². The molecule has 0 saturated heterocycles. The second-order valence-corrected chi connectivity index (χ2v) is 6.60. The summed E-state index contributed by atoms with van der Waals surface area (Å²) in [6.07, 6.45) is 0. The number of nitrogens with one attached hydrogen (secondary N) is 1. The molecule has 0 bridgehead atoms. The SMILES string of the molecule is Cc1ccc(C)c(NC(=O)CN(C)C(=O)COc2cccc(C)c2C)c1. The van der Waals surface area contributed by atoms with Crippen LogP contribution in [-0.2, 0) is 9.59 Å². The molecule has 0 aliphatic rings. The molecule has 2 rings (SSSR count). The molecule has 2 aromatic rings. The van der Waals surface area contributed by atoms with E-state index in [0.717, 1.165) is 27.9 Å². The van der Waals surface area contributed by atoms with E-state index in [1.165, 1.54) is 4.90 Å². The van der Waals surface area contributed by atoms with Crippen LogP contribution in [0, 0.1) is 27.7 Å². The zero-order chi connectivity index (χ0) is 19.3. The zero-order valence-corrected chi connectivity index (χ0v) is 16.1. The third-order valence-corrected chi connectivity index (χ3v) is 4.38. The van der Waals surface area contributed by atoms with Gasteiger partial charge in [-0.05, 0) is 62.1 Å². The second-order valence-electron chi connectivity index (χ2n) is 6.60. The van der Waals surface area contributed by atoms with Crippen LogP contribution in [0.3, 0.4) is 0 Å². The number of aryl methyl sites for hydroxylation is 3. The molecule has 0 spiro atoms. The third-order valence-electron chi connectivity index (χ3n) is 4.38. The fourth-order valence-corrected chi connectivity index (χ4v) is 2.49. The van der Waals surface area contributed by atoms with Gasteiger partial charge in [0.05, 0.1) is 6.54 Å². The number of rotatable bonds is 6. The van der Waals surface area contributed by atoms with Gasteiger partial charge in [-0.25, -0.2) is 0 Å². The molecular formula is C21H26N2O3. The summed E-state index contributed by atoms with van der Waals surface area (Å²) >= 11 is 0. The van der Waals surface area contributed by atoms with E-state index in [2.05, 4.69) is 5.32 Å². The predicted molar refractivity (Wildman–Crippen MR) is 104 cm³/mol. The van der Waals surface area contributed by atoms with E-state index in [1.807, 2.05) is 64.1 Å². The summed E-state index contributed by atoms with van der Waals surface area (Å²) in [6, 6.07) is 11.6. The highest BCUT2D eigenvalue weighted by Gasteiger charge is 2.15. The Labute approximate surface area is 155 Å². The number of benzene rings is 2. The van der Waals surface area contributed by atoms with Crippen LogP contribution in [0.1, 0.15) is 22.3 Å². The maximum Gasteiger partial charge on any atom is 0.260 e. The Hall–Kier alpha value is -2.82. The number of amides is 2. The number of likely N-dealkylation sites (N-methyl/N-ethyl adjacent to an activating group) is 1. The number of anilines is 1. The molecule has 138 valence electrons. The topological polar surface area (TPSA) is 58.6 Å². The minimum atomic E-state index is -0.248. The van der Waals surface area contributed by atoms with Crippen molar-refractivity contribution < 1.29 is 14.3 Å². The van der Waals surface area contributed by atoms with Crippen LogP contribution in [0.15, 0.2) is 36.4 Å². The van der Waals surface area contributed by atoms with E-state index < -0.39 is 0 Å². The number of nitrogens with zero attached hydrogens (tertiary/aromatic N) is 1. The average molecular weight is 354 g/mol. The molecule has 5 nitrogen and oxygen atoms in total. The number of carbonyl (C=O) groups excluding carboxylic acids is 2. The highest BCUT2D eigenvalue weighted by atomic mass is 16.5. The van der Waals surface area contributed by atoms with Gasteiger partial charge in [-0.2, -0.15) is 0 Å². The van der Waals surface area contributed by atoms with Crippen molar-refractivity contribution in [2.75, 3.05) is 25.5 Å². The fraction of sp³-hybridized carbons (Fsp3) is 0.333. The predicted octanol–water partition coefficient (Wildman–Crippen LogP) is 3.40. The van der Waals surface area contributed by atoms with Crippen LogP contribution in [0.5, 0.6) is 5.75 Å². The molecule has 0 radical (unpaired) electrons. The molecule has 0 aromatic heterocycles. The molecule has 1 N–H and O–H groups in total. The number of ether oxygens (including phenoxy) is 1. The van der Waals surface area contributed by atoms with Gasteiger partial charge in [-0.1, -0.05) is 24.3 Å². The first-order valence-corrected chi connectivity index (χ1v) is 8.58. The summed E-state index contributed by atoms with van der Waals surface area (Å²) in [5.74, 6) is 0.204. The lowest BCUT2D eigenvalue weighted by Crippen LogP contribution is -2.37. The zero-order valence-electron chi connectivity index (χ0n) is 16.1. The van der Waals surface area contributed by atoms with Gasteiger partial charge in [0.1, 0.15) is 5.75 Å². The van der Waals surface area contributed by atoms with Crippen molar-refractivity contribution in [2.24, 2.45) is 0 Å². The molecular weight excluding hydrogens is 328 g/mol. The summed E-state index contributed by atoms with van der Waals surface area (Å²) in [4.78, 5) is 25.8. The van der Waals surface area contributed by atoms with E-state index in [4.69, 9.17) is 4.74 Å². The average Bonchev–Trinajstić information content (AvgIpc) is 2.59. The van der Waals surface area contributed by atoms with E-state index in [1.54, 1.807) is 7.05 Å². The van der Waals surface area contributed by atoms with Crippen LogP contribution in [-0.4, -0.2) is 36.9 Å².